The lowest BCUT2D eigenvalue weighted by molar-refractivity contribution is -0.211. The molecular formula is C21H38N2O7S. The van der Waals surface area contributed by atoms with Crippen LogP contribution in [0.25, 0.3) is 0 Å². The lowest BCUT2D eigenvalue weighted by Crippen LogP contribution is -2.65. The van der Waals surface area contributed by atoms with Gasteiger partial charge in [0.2, 0.25) is 5.91 Å². The van der Waals surface area contributed by atoms with Gasteiger partial charge in [0.25, 0.3) is 0 Å². The Kier molecular flexibility index (Phi) is 8.64. The zero-order valence-corrected chi connectivity index (χ0v) is 19.3. The zero-order chi connectivity index (χ0) is 22.9. The van der Waals surface area contributed by atoms with Crippen molar-refractivity contribution < 1.29 is 35.1 Å². The van der Waals surface area contributed by atoms with Crippen LogP contribution in [0.4, 0.5) is 0 Å². The molecule has 3 aliphatic rings. The number of hydrogen-bond donors (Lipinski definition) is 6. The summed E-state index contributed by atoms with van der Waals surface area (Å²) < 4.78 is 5.92. The van der Waals surface area contributed by atoms with E-state index in [0.29, 0.717) is 18.8 Å². The normalized spacial score (nSPS) is 45.0. The van der Waals surface area contributed by atoms with Crippen molar-refractivity contribution in [3.8, 4) is 0 Å². The smallest absolute Gasteiger partial charge is 0.237 e. The molecule has 1 amide bonds. The lowest BCUT2D eigenvalue weighted by atomic mass is 9.85. The van der Waals surface area contributed by atoms with Gasteiger partial charge in [-0.3, -0.25) is 9.69 Å². The molecule has 0 spiro atoms. The molecule has 2 saturated heterocycles. The number of likely N-dealkylation sites (tertiary alicyclic amines) is 1. The molecule has 0 aromatic rings. The van der Waals surface area contributed by atoms with Crippen LogP contribution in [0.2, 0.25) is 0 Å². The van der Waals surface area contributed by atoms with Crippen LogP contribution in [-0.4, -0.2) is 110 Å². The van der Waals surface area contributed by atoms with Crippen molar-refractivity contribution in [3.05, 3.63) is 0 Å². The van der Waals surface area contributed by atoms with Crippen LogP contribution in [0.5, 0.6) is 0 Å². The third kappa shape index (κ3) is 5.22. The molecule has 0 aromatic carbocycles. The van der Waals surface area contributed by atoms with Crippen LogP contribution < -0.4 is 5.32 Å². The highest BCUT2D eigenvalue weighted by Crippen LogP contribution is 2.36. The van der Waals surface area contributed by atoms with E-state index in [2.05, 4.69) is 12.2 Å². The molecule has 0 radical (unpaired) electrons. The molecule has 180 valence electrons. The third-order valence-corrected chi connectivity index (χ3v) is 8.08. The molecule has 5 unspecified atom stereocenters. The van der Waals surface area contributed by atoms with Crippen molar-refractivity contribution >= 4 is 17.7 Å². The molecule has 1 saturated carbocycles. The summed E-state index contributed by atoms with van der Waals surface area (Å²) >= 11 is 1.20. The minimum Gasteiger partial charge on any atom is -0.390 e. The van der Waals surface area contributed by atoms with Gasteiger partial charge in [0.1, 0.15) is 29.9 Å². The summed E-state index contributed by atoms with van der Waals surface area (Å²) in [6.07, 6.45) is -1.79. The molecule has 10 heteroatoms. The summed E-state index contributed by atoms with van der Waals surface area (Å²) in [6.45, 7) is 2.96. The van der Waals surface area contributed by atoms with Crippen molar-refractivity contribution in [2.24, 2.45) is 11.8 Å². The molecule has 1 aliphatic carbocycles. The summed E-state index contributed by atoms with van der Waals surface area (Å²) in [5.74, 6) is -0.309. The van der Waals surface area contributed by atoms with Gasteiger partial charge in [-0.05, 0) is 44.9 Å². The van der Waals surface area contributed by atoms with Gasteiger partial charge in [-0.25, -0.2) is 0 Å². The van der Waals surface area contributed by atoms with E-state index >= 15 is 0 Å². The molecule has 11 atom stereocenters. The van der Waals surface area contributed by atoms with Gasteiger partial charge in [-0.1, -0.05) is 13.3 Å². The zero-order valence-electron chi connectivity index (χ0n) is 18.5. The summed E-state index contributed by atoms with van der Waals surface area (Å²) in [5, 5.41) is 54.9. The Morgan fingerprint density at radius 1 is 1.13 bits per heavy atom. The summed E-state index contributed by atoms with van der Waals surface area (Å²) in [7, 11) is 1.92. The standard InChI is InChI=1S/C21H38N2O7S/c1-4-5-10-8-12(23(2)9-10)20(29)22-14(11-6-7-13(24)15(11)25)19-17(27)16(26)18(28)21(30-19)31-3/h10-19,21,24-28H,4-9H2,1-3H3,(H,22,29)/t10-,11+,12+,13?,14-,15?,16?,17?,18-,19-,21?/m1/s1. The van der Waals surface area contributed by atoms with Crippen LogP contribution in [-0.2, 0) is 9.53 Å². The van der Waals surface area contributed by atoms with Gasteiger partial charge >= 0.3 is 0 Å². The number of carbonyl (C=O) groups excluding carboxylic acids is 1. The second kappa shape index (κ2) is 10.6. The van der Waals surface area contributed by atoms with Gasteiger partial charge in [-0.2, -0.15) is 0 Å². The minimum absolute atomic E-state index is 0.211. The summed E-state index contributed by atoms with van der Waals surface area (Å²) in [4.78, 5) is 15.3. The number of thioether (sulfide) groups is 1. The highest BCUT2D eigenvalue weighted by Gasteiger charge is 2.52. The number of rotatable bonds is 7. The van der Waals surface area contributed by atoms with E-state index < -0.39 is 54.0 Å². The Morgan fingerprint density at radius 2 is 1.84 bits per heavy atom. The van der Waals surface area contributed by atoms with Crippen LogP contribution >= 0.6 is 11.8 Å². The average molecular weight is 463 g/mol. The van der Waals surface area contributed by atoms with Gasteiger partial charge < -0.3 is 35.6 Å². The highest BCUT2D eigenvalue weighted by atomic mass is 32.2. The first kappa shape index (κ1) is 25.2. The van der Waals surface area contributed by atoms with Gasteiger partial charge in [0.05, 0.1) is 24.3 Å². The molecule has 2 heterocycles. The number of likely N-dealkylation sites (N-methyl/N-ethyl adjacent to an activating group) is 1. The van der Waals surface area contributed by atoms with E-state index in [-0.39, 0.29) is 11.9 Å². The van der Waals surface area contributed by atoms with E-state index in [4.69, 9.17) is 4.74 Å². The maximum absolute atomic E-state index is 13.3. The highest BCUT2D eigenvalue weighted by molar-refractivity contribution is 7.99. The molecule has 31 heavy (non-hydrogen) atoms. The predicted molar refractivity (Wildman–Crippen MR) is 116 cm³/mol. The van der Waals surface area contributed by atoms with Crippen molar-refractivity contribution in [2.45, 2.75) is 93.2 Å². The molecule has 2 aliphatic heterocycles. The number of hydrogen-bond acceptors (Lipinski definition) is 9. The predicted octanol–water partition coefficient (Wildman–Crippen LogP) is -1.11. The largest absolute Gasteiger partial charge is 0.390 e. The van der Waals surface area contributed by atoms with Crippen molar-refractivity contribution in [2.75, 3.05) is 19.8 Å². The van der Waals surface area contributed by atoms with E-state index in [1.807, 2.05) is 11.9 Å². The maximum atomic E-state index is 13.3. The quantitative estimate of drug-likeness (QED) is 0.278. The van der Waals surface area contributed by atoms with Crippen molar-refractivity contribution in [3.63, 3.8) is 0 Å². The SMILES string of the molecule is CCC[C@@H]1C[C@@H](C(=O)N[C@H]([C@@H]2CCC(O)C2O)[C@H]2OC(SC)[C@H](O)C(O)C2O)N(C)C1. The Labute approximate surface area is 188 Å². The Balaban J connectivity index is 1.81. The number of nitrogens with zero attached hydrogens (tertiary/aromatic N) is 1. The molecule has 0 bridgehead atoms. The second-order valence-electron chi connectivity index (χ2n) is 9.36. The molecule has 3 fully saturated rings. The van der Waals surface area contributed by atoms with Crippen LogP contribution in [0, 0.1) is 11.8 Å². The first-order valence-electron chi connectivity index (χ1n) is 11.3. The number of amides is 1. The Bertz CT molecular complexity index is 612. The monoisotopic (exact) mass is 462 g/mol. The minimum atomic E-state index is -1.44. The summed E-state index contributed by atoms with van der Waals surface area (Å²) in [5.41, 5.74) is -0.783. The number of nitrogens with one attached hydrogen (secondary N) is 1. The van der Waals surface area contributed by atoms with Crippen LogP contribution in [0.3, 0.4) is 0 Å². The second-order valence-corrected chi connectivity index (χ2v) is 10.3. The molecule has 0 aromatic heterocycles. The number of aliphatic hydroxyl groups excluding tert-OH is 5. The number of aliphatic hydroxyl groups is 5. The number of carbonyl (C=O) groups is 1. The average Bonchev–Trinajstić information content (AvgIpc) is 3.27. The number of ether oxygens (including phenoxy) is 1. The maximum Gasteiger partial charge on any atom is 0.237 e. The Hall–Kier alpha value is -0.460. The lowest BCUT2D eigenvalue weighted by Gasteiger charge is -2.45. The Morgan fingerprint density at radius 3 is 2.42 bits per heavy atom. The molecule has 3 rings (SSSR count). The van der Waals surface area contributed by atoms with Crippen LogP contribution in [0.15, 0.2) is 0 Å². The molecular weight excluding hydrogens is 424 g/mol. The third-order valence-electron chi connectivity index (χ3n) is 7.23. The van der Waals surface area contributed by atoms with Crippen molar-refractivity contribution in [1.82, 2.24) is 10.2 Å². The first-order chi connectivity index (χ1) is 14.7. The fourth-order valence-corrected chi connectivity index (χ4v) is 6.15. The fourth-order valence-electron chi connectivity index (χ4n) is 5.47. The fraction of sp³-hybridized carbons (Fsp3) is 0.952. The van der Waals surface area contributed by atoms with Gasteiger partial charge in [0, 0.05) is 12.5 Å². The first-order valence-corrected chi connectivity index (χ1v) is 12.6. The van der Waals surface area contributed by atoms with E-state index in [9.17, 15) is 30.3 Å². The topological polar surface area (TPSA) is 143 Å². The van der Waals surface area contributed by atoms with Gasteiger partial charge in [0.15, 0.2) is 0 Å². The van der Waals surface area contributed by atoms with Crippen LogP contribution in [0.1, 0.15) is 39.0 Å². The van der Waals surface area contributed by atoms with Gasteiger partial charge in [-0.15, -0.1) is 11.8 Å². The van der Waals surface area contributed by atoms with E-state index in [1.165, 1.54) is 11.8 Å². The molecule has 9 nitrogen and oxygen atoms in total. The van der Waals surface area contributed by atoms with E-state index in [0.717, 1.165) is 25.8 Å². The molecule has 6 N–H and O–H groups in total. The van der Waals surface area contributed by atoms with Crippen molar-refractivity contribution in [1.29, 1.82) is 0 Å². The van der Waals surface area contributed by atoms with E-state index in [1.54, 1.807) is 6.26 Å². The summed E-state index contributed by atoms with van der Waals surface area (Å²) in [6, 6.07) is -1.14.